The molecule has 1 amide bonds. The third-order valence-corrected chi connectivity index (χ3v) is 6.57. The average molecular weight is 414 g/mol. The number of carbonyl (C=O) groups is 3. The van der Waals surface area contributed by atoms with Crippen molar-refractivity contribution < 1.29 is 34.8 Å². The average Bonchev–Trinajstić information content (AvgIpc) is 2.67. The van der Waals surface area contributed by atoms with Gasteiger partial charge in [-0.25, -0.2) is 0 Å². The van der Waals surface area contributed by atoms with Crippen LogP contribution in [0.5, 0.6) is 5.75 Å². The minimum Gasteiger partial charge on any atom is -0.508 e. The summed E-state index contributed by atoms with van der Waals surface area (Å²) in [7, 11) is 0. The van der Waals surface area contributed by atoms with Crippen molar-refractivity contribution >= 4 is 28.9 Å². The summed E-state index contributed by atoms with van der Waals surface area (Å²) < 4.78 is 0. The summed E-state index contributed by atoms with van der Waals surface area (Å²) in [4.78, 5) is 37.3. The van der Waals surface area contributed by atoms with E-state index in [1.807, 2.05) is 6.92 Å². The van der Waals surface area contributed by atoms with E-state index in [0.717, 1.165) is 5.56 Å². The molecule has 9 nitrogen and oxygen atoms in total. The molecule has 0 saturated heterocycles. The van der Waals surface area contributed by atoms with Crippen molar-refractivity contribution in [1.29, 1.82) is 0 Å². The molecule has 3 atom stereocenters. The predicted octanol–water partition coefficient (Wildman–Crippen LogP) is 0.568. The first-order valence-electron chi connectivity index (χ1n) is 9.64. The van der Waals surface area contributed by atoms with Crippen LogP contribution in [0.1, 0.15) is 36.5 Å². The molecular formula is C21H22N2O7. The number of carbonyl (C=O) groups excluding carboxylic acids is 3. The first-order chi connectivity index (χ1) is 14.0. The second-order valence-electron chi connectivity index (χ2n) is 8.09. The summed E-state index contributed by atoms with van der Waals surface area (Å²) in [5.74, 6) is -6.51. The lowest BCUT2D eigenvalue weighted by Crippen LogP contribution is -2.58. The van der Waals surface area contributed by atoms with Gasteiger partial charge >= 0.3 is 0 Å². The molecule has 1 saturated carbocycles. The number of aliphatic hydroxyl groups is 3. The minimum absolute atomic E-state index is 0.0268. The van der Waals surface area contributed by atoms with E-state index in [1.54, 1.807) is 6.07 Å². The fourth-order valence-corrected chi connectivity index (χ4v) is 5.10. The van der Waals surface area contributed by atoms with Gasteiger partial charge in [-0.2, -0.15) is 0 Å². The Morgan fingerprint density at radius 1 is 1.23 bits per heavy atom. The Kier molecular flexibility index (Phi) is 4.21. The summed E-state index contributed by atoms with van der Waals surface area (Å²) in [6, 6.07) is 1.62. The summed E-state index contributed by atoms with van der Waals surface area (Å²) in [6.45, 7) is 1.89. The van der Waals surface area contributed by atoms with Gasteiger partial charge in [-0.15, -0.1) is 0 Å². The van der Waals surface area contributed by atoms with Crippen molar-refractivity contribution in [1.82, 2.24) is 0 Å². The van der Waals surface area contributed by atoms with Gasteiger partial charge in [0.05, 0.1) is 11.3 Å². The summed E-state index contributed by atoms with van der Waals surface area (Å²) in [6.07, 6.45) is 0.631. The van der Waals surface area contributed by atoms with E-state index >= 15 is 0 Å². The Labute approximate surface area is 171 Å². The van der Waals surface area contributed by atoms with Crippen LogP contribution in [0.15, 0.2) is 23.0 Å². The molecule has 0 heterocycles. The molecule has 3 aliphatic carbocycles. The lowest BCUT2D eigenvalue weighted by Gasteiger charge is -2.46. The maximum Gasteiger partial charge on any atom is 0.255 e. The van der Waals surface area contributed by atoms with Crippen molar-refractivity contribution in [3.8, 4) is 5.75 Å². The number of aryl methyl sites for hydroxylation is 1. The topological polar surface area (TPSA) is 184 Å². The molecular weight excluding hydrogens is 392 g/mol. The number of nitrogen functional groups attached to an aromatic ring is 1. The van der Waals surface area contributed by atoms with Gasteiger partial charge in [-0.3, -0.25) is 14.4 Å². The van der Waals surface area contributed by atoms with Gasteiger partial charge in [0, 0.05) is 17.9 Å². The van der Waals surface area contributed by atoms with Crippen LogP contribution in [0, 0.1) is 11.8 Å². The van der Waals surface area contributed by atoms with E-state index in [-0.39, 0.29) is 41.8 Å². The van der Waals surface area contributed by atoms with Crippen LogP contribution in [-0.2, 0) is 27.2 Å². The Bertz CT molecular complexity index is 1100. The van der Waals surface area contributed by atoms with Crippen LogP contribution in [0.25, 0.3) is 5.76 Å². The van der Waals surface area contributed by atoms with Crippen LogP contribution in [-0.4, -0.2) is 43.5 Å². The maximum atomic E-state index is 13.3. The van der Waals surface area contributed by atoms with E-state index in [4.69, 9.17) is 11.5 Å². The van der Waals surface area contributed by atoms with Gasteiger partial charge in [-0.1, -0.05) is 6.92 Å². The van der Waals surface area contributed by atoms with E-state index in [2.05, 4.69) is 0 Å². The SMILES string of the molecule is CCc1cc(N)c(O)c2c1CC1CC3CC(=O)C(C(N)=O)=C(O)C3(O)C(=O)C1=C2O. The number of aromatic hydroxyl groups is 1. The normalized spacial score (nSPS) is 28.2. The molecule has 4 rings (SSSR count). The van der Waals surface area contributed by atoms with E-state index < -0.39 is 52.0 Å². The zero-order chi connectivity index (χ0) is 22.1. The Hall–Kier alpha value is -3.33. The zero-order valence-corrected chi connectivity index (χ0v) is 16.2. The molecule has 158 valence electrons. The number of nitrogens with two attached hydrogens (primary N) is 2. The smallest absolute Gasteiger partial charge is 0.255 e. The Balaban J connectivity index is 1.96. The summed E-state index contributed by atoms with van der Waals surface area (Å²) >= 11 is 0. The molecule has 0 radical (unpaired) electrons. The number of amides is 1. The number of benzene rings is 1. The zero-order valence-electron chi connectivity index (χ0n) is 16.2. The largest absolute Gasteiger partial charge is 0.508 e. The predicted molar refractivity (Wildman–Crippen MR) is 105 cm³/mol. The lowest BCUT2D eigenvalue weighted by atomic mass is 9.59. The number of hydrogen-bond acceptors (Lipinski definition) is 8. The van der Waals surface area contributed by atoms with Crippen molar-refractivity contribution in [2.24, 2.45) is 17.6 Å². The molecule has 0 spiro atoms. The molecule has 30 heavy (non-hydrogen) atoms. The number of hydrogen-bond donors (Lipinski definition) is 6. The summed E-state index contributed by atoms with van der Waals surface area (Å²) in [5, 5.41) is 43.0. The number of anilines is 1. The molecule has 0 aromatic heterocycles. The molecule has 0 bridgehead atoms. The number of ketones is 2. The van der Waals surface area contributed by atoms with E-state index in [9.17, 15) is 34.8 Å². The van der Waals surface area contributed by atoms with E-state index in [0.29, 0.717) is 12.0 Å². The van der Waals surface area contributed by atoms with Crippen LogP contribution in [0.4, 0.5) is 5.69 Å². The second-order valence-corrected chi connectivity index (χ2v) is 8.09. The monoisotopic (exact) mass is 414 g/mol. The van der Waals surface area contributed by atoms with Gasteiger partial charge in [0.25, 0.3) is 5.91 Å². The number of fused-ring (bicyclic) bond motifs is 3. The minimum atomic E-state index is -2.56. The Morgan fingerprint density at radius 3 is 2.50 bits per heavy atom. The highest BCUT2D eigenvalue weighted by molar-refractivity contribution is 6.22. The fourth-order valence-electron chi connectivity index (χ4n) is 5.10. The van der Waals surface area contributed by atoms with Crippen molar-refractivity contribution in [2.75, 3.05) is 5.73 Å². The molecule has 3 aliphatic rings. The number of Topliss-reactive ketones (excluding diaryl/α,β-unsaturated/α-hetero) is 2. The molecule has 0 aliphatic heterocycles. The maximum absolute atomic E-state index is 13.3. The first-order valence-corrected chi connectivity index (χ1v) is 9.64. The number of aliphatic hydroxyl groups excluding tert-OH is 2. The standard InChI is InChI=1S/C21H22N2O7/c1-2-7-5-11(22)16(25)14-10(7)4-8-3-9-6-12(24)15(20(23)29)19(28)21(9,30)18(27)13(8)17(14)26/h5,8-9,25-26,28,30H,2-4,6,22H2,1H3,(H2,23,29). The van der Waals surface area contributed by atoms with Gasteiger partial charge in [0.2, 0.25) is 5.78 Å². The fraction of sp³-hybridized carbons (Fsp3) is 0.381. The molecule has 1 aromatic carbocycles. The number of rotatable bonds is 2. The van der Waals surface area contributed by atoms with Gasteiger partial charge in [0.1, 0.15) is 22.8 Å². The van der Waals surface area contributed by atoms with Crippen LogP contribution in [0.2, 0.25) is 0 Å². The molecule has 9 heteroatoms. The van der Waals surface area contributed by atoms with E-state index in [1.165, 1.54) is 0 Å². The lowest BCUT2D eigenvalue weighted by molar-refractivity contribution is -0.147. The third-order valence-electron chi connectivity index (χ3n) is 6.57. The quantitative estimate of drug-likeness (QED) is 0.230. The molecule has 1 aromatic rings. The van der Waals surface area contributed by atoms with Gasteiger partial charge < -0.3 is 31.9 Å². The van der Waals surface area contributed by atoms with Crippen LogP contribution < -0.4 is 11.5 Å². The molecule has 3 unspecified atom stereocenters. The first kappa shape index (κ1) is 20.0. The number of phenolic OH excluding ortho intramolecular Hbond substituents is 1. The highest BCUT2D eigenvalue weighted by Crippen LogP contribution is 2.52. The van der Waals surface area contributed by atoms with Crippen LogP contribution in [0.3, 0.4) is 0 Å². The highest BCUT2D eigenvalue weighted by Gasteiger charge is 2.60. The Morgan fingerprint density at radius 2 is 1.90 bits per heavy atom. The number of phenols is 1. The summed E-state index contributed by atoms with van der Waals surface area (Å²) in [5.41, 5.74) is 8.99. The van der Waals surface area contributed by atoms with Crippen molar-refractivity contribution in [2.45, 2.75) is 38.2 Å². The van der Waals surface area contributed by atoms with Crippen molar-refractivity contribution in [3.05, 3.63) is 39.7 Å². The second kappa shape index (κ2) is 6.33. The molecule has 8 N–H and O–H groups in total. The van der Waals surface area contributed by atoms with Gasteiger partial charge in [0.15, 0.2) is 11.4 Å². The number of primary amides is 1. The third kappa shape index (κ3) is 2.35. The van der Waals surface area contributed by atoms with Crippen molar-refractivity contribution in [3.63, 3.8) is 0 Å². The van der Waals surface area contributed by atoms with Gasteiger partial charge in [-0.05, 0) is 42.4 Å². The van der Waals surface area contributed by atoms with Crippen LogP contribution >= 0.6 is 0 Å². The molecule has 1 fully saturated rings. The highest BCUT2D eigenvalue weighted by atomic mass is 16.3.